The molecule has 9 heteroatoms. The summed E-state index contributed by atoms with van der Waals surface area (Å²) in [6, 6.07) is 15.2. The van der Waals surface area contributed by atoms with Crippen LogP contribution in [-0.4, -0.2) is 49.3 Å². The first-order valence-electron chi connectivity index (χ1n) is 10.2. The Kier molecular flexibility index (Phi) is 5.35. The van der Waals surface area contributed by atoms with Crippen LogP contribution in [0.3, 0.4) is 0 Å². The summed E-state index contributed by atoms with van der Waals surface area (Å²) in [5.74, 6) is 1.97. The molecule has 1 N–H and O–H groups in total. The molecular weight excluding hydrogens is 385 g/mol. The van der Waals surface area contributed by atoms with Crippen LogP contribution in [0.4, 0.5) is 5.82 Å². The summed E-state index contributed by atoms with van der Waals surface area (Å²) >= 11 is 0. The number of aromatic nitrogens is 3. The monoisotopic (exact) mass is 408 g/mol. The van der Waals surface area contributed by atoms with Crippen molar-refractivity contribution >= 4 is 46.0 Å². The van der Waals surface area contributed by atoms with E-state index >= 15 is 0 Å². The lowest BCUT2D eigenvalue weighted by Gasteiger charge is -2.21. The van der Waals surface area contributed by atoms with Crippen LogP contribution in [0.25, 0.3) is 22.0 Å². The molecular formula is C22H23B3N4O2. The highest BCUT2D eigenvalue weighted by atomic mass is 16.5. The van der Waals surface area contributed by atoms with E-state index in [2.05, 4.69) is 32.0 Å². The summed E-state index contributed by atoms with van der Waals surface area (Å²) in [5, 5.41) is 4.60. The number of carbonyl (C=O) groups excluding carboxylic acids is 1. The zero-order valence-electron chi connectivity index (χ0n) is 18.4. The van der Waals surface area contributed by atoms with Crippen molar-refractivity contribution in [3.8, 4) is 17.0 Å². The molecule has 0 fully saturated rings. The minimum Gasteiger partial charge on any atom is -0.514 e. The Morgan fingerprint density at radius 2 is 1.74 bits per heavy atom. The second kappa shape index (κ2) is 7.98. The highest BCUT2D eigenvalue weighted by Gasteiger charge is 2.13. The van der Waals surface area contributed by atoms with E-state index in [0.717, 1.165) is 33.6 Å². The Morgan fingerprint density at radius 3 is 2.39 bits per heavy atom. The summed E-state index contributed by atoms with van der Waals surface area (Å²) in [5.41, 5.74) is 2.65. The molecule has 0 spiro atoms. The summed E-state index contributed by atoms with van der Waals surface area (Å²) in [6.07, 6.45) is 3.64. The summed E-state index contributed by atoms with van der Waals surface area (Å²) < 4.78 is 7.86. The maximum absolute atomic E-state index is 12.7. The van der Waals surface area contributed by atoms with Crippen LogP contribution in [0.1, 0.15) is 16.2 Å². The van der Waals surface area contributed by atoms with Crippen LogP contribution in [0.15, 0.2) is 60.9 Å². The normalized spacial score (nSPS) is 11.4. The van der Waals surface area contributed by atoms with Gasteiger partial charge in [-0.25, -0.2) is 9.97 Å². The van der Waals surface area contributed by atoms with Gasteiger partial charge in [-0.05, 0) is 48.7 Å². The second-order valence-electron chi connectivity index (χ2n) is 8.57. The van der Waals surface area contributed by atoms with Gasteiger partial charge < -0.3 is 14.6 Å². The van der Waals surface area contributed by atoms with Crippen molar-refractivity contribution in [2.24, 2.45) is 7.05 Å². The molecule has 6 nitrogen and oxygen atoms in total. The van der Waals surface area contributed by atoms with Gasteiger partial charge in [0.1, 0.15) is 40.9 Å². The number of carbonyl (C=O) groups is 1. The molecule has 0 radical (unpaired) electrons. The third-order valence-electron chi connectivity index (χ3n) is 5.02. The molecule has 31 heavy (non-hydrogen) atoms. The molecule has 0 bridgehead atoms. The predicted octanol–water partition coefficient (Wildman–Crippen LogP) is 1.09. The zero-order valence-corrected chi connectivity index (χ0v) is 18.4. The largest absolute Gasteiger partial charge is 0.514 e. The SMILES string of the molecule is BC(B)(B)Oc1ccc(C(=O)Nc2cc3cc(-c4cnc(C)n4C)ccc3cn2)cc1. The second-order valence-corrected chi connectivity index (χ2v) is 8.57. The van der Waals surface area contributed by atoms with E-state index in [1.165, 1.54) is 0 Å². The number of imidazole rings is 1. The fourth-order valence-electron chi connectivity index (χ4n) is 3.36. The van der Waals surface area contributed by atoms with Crippen molar-refractivity contribution in [2.45, 2.75) is 12.2 Å². The number of anilines is 1. The van der Waals surface area contributed by atoms with Crippen LogP contribution < -0.4 is 10.1 Å². The van der Waals surface area contributed by atoms with E-state index in [4.69, 9.17) is 4.74 Å². The lowest BCUT2D eigenvalue weighted by atomic mass is 9.52. The number of benzene rings is 2. The Morgan fingerprint density at radius 1 is 1.00 bits per heavy atom. The molecule has 2 aromatic carbocycles. The fraction of sp³-hybridized carbons (Fsp3) is 0.136. The van der Waals surface area contributed by atoms with Crippen molar-refractivity contribution in [3.63, 3.8) is 0 Å². The van der Waals surface area contributed by atoms with Crippen molar-refractivity contribution in [1.29, 1.82) is 0 Å². The van der Waals surface area contributed by atoms with Gasteiger partial charge in [0.15, 0.2) is 0 Å². The first-order valence-corrected chi connectivity index (χ1v) is 10.2. The van der Waals surface area contributed by atoms with Crippen molar-refractivity contribution < 1.29 is 9.53 Å². The van der Waals surface area contributed by atoms with E-state index in [0.29, 0.717) is 11.4 Å². The van der Waals surface area contributed by atoms with Gasteiger partial charge in [0.2, 0.25) is 0 Å². The number of amides is 1. The number of nitrogens with zero attached hydrogens (tertiary/aromatic N) is 3. The van der Waals surface area contributed by atoms with Crippen LogP contribution in [0.2, 0.25) is 0 Å². The maximum atomic E-state index is 12.7. The minimum absolute atomic E-state index is 0.215. The zero-order chi connectivity index (χ0) is 22.2. The average molecular weight is 408 g/mol. The number of rotatable bonds is 5. The maximum Gasteiger partial charge on any atom is 0.256 e. The number of hydrogen-bond acceptors (Lipinski definition) is 4. The number of nitrogens with one attached hydrogen (secondary N) is 1. The fourth-order valence-corrected chi connectivity index (χ4v) is 3.36. The minimum atomic E-state index is -0.286. The lowest BCUT2D eigenvalue weighted by Crippen LogP contribution is -2.37. The Labute approximate surface area is 184 Å². The van der Waals surface area contributed by atoms with E-state index in [9.17, 15) is 4.79 Å². The van der Waals surface area contributed by atoms with E-state index < -0.39 is 0 Å². The lowest BCUT2D eigenvalue weighted by molar-refractivity contribution is 0.102. The molecule has 0 aliphatic heterocycles. The van der Waals surface area contributed by atoms with E-state index in [1.54, 1.807) is 30.5 Å². The number of fused-ring (bicyclic) bond motifs is 1. The number of pyridine rings is 1. The predicted molar refractivity (Wildman–Crippen MR) is 132 cm³/mol. The van der Waals surface area contributed by atoms with Crippen LogP contribution >= 0.6 is 0 Å². The van der Waals surface area contributed by atoms with Crippen molar-refractivity contribution in [3.05, 3.63) is 72.3 Å². The molecule has 2 aromatic heterocycles. The van der Waals surface area contributed by atoms with Gasteiger partial charge in [-0.15, -0.1) is 0 Å². The standard InChI is InChI=1S/C22H23B3N4O2/c1-13-26-12-19(29(13)2)15-3-4-16-11-27-20(10-17(16)9-15)28-21(30)14-5-7-18(8-6-14)31-22(23,24)25/h3-12H,23-25H2,1-2H3,(H,27,28,30). The Bertz CT molecular complexity index is 1260. The van der Waals surface area contributed by atoms with Crippen molar-refractivity contribution in [2.75, 3.05) is 5.32 Å². The molecule has 2 heterocycles. The first-order chi connectivity index (χ1) is 14.7. The molecule has 0 atom stereocenters. The molecule has 4 rings (SSSR count). The van der Waals surface area contributed by atoms with Crippen molar-refractivity contribution in [1.82, 2.24) is 14.5 Å². The molecule has 0 unspecified atom stereocenters. The summed E-state index contributed by atoms with van der Waals surface area (Å²) in [7, 11) is 7.96. The molecule has 0 saturated carbocycles. The van der Waals surface area contributed by atoms with Crippen LogP contribution in [0, 0.1) is 6.92 Å². The third kappa shape index (κ3) is 4.66. The van der Waals surface area contributed by atoms with E-state index in [-0.39, 0.29) is 11.2 Å². The number of aryl methyl sites for hydroxylation is 1. The van der Waals surface area contributed by atoms with Crippen LogP contribution in [0.5, 0.6) is 5.75 Å². The topological polar surface area (TPSA) is 69.0 Å². The third-order valence-corrected chi connectivity index (χ3v) is 5.02. The smallest absolute Gasteiger partial charge is 0.256 e. The van der Waals surface area contributed by atoms with Gasteiger partial charge >= 0.3 is 0 Å². The van der Waals surface area contributed by atoms with Gasteiger partial charge in [0.05, 0.1) is 11.9 Å². The quantitative estimate of drug-likeness (QED) is 0.503. The highest BCUT2D eigenvalue weighted by molar-refractivity contribution is 6.58. The number of hydrogen-bond donors (Lipinski definition) is 1. The summed E-state index contributed by atoms with van der Waals surface area (Å²) in [6.45, 7) is 1.98. The summed E-state index contributed by atoms with van der Waals surface area (Å²) in [4.78, 5) is 21.4. The van der Waals surface area contributed by atoms with Gasteiger partial charge in [-0.3, -0.25) is 4.79 Å². The molecule has 4 aromatic rings. The molecule has 0 saturated heterocycles. The molecule has 0 aliphatic carbocycles. The van der Waals surface area contributed by atoms with Gasteiger partial charge in [0.25, 0.3) is 5.91 Å². The Hall–Kier alpha value is -3.48. The van der Waals surface area contributed by atoms with Gasteiger partial charge in [0, 0.05) is 35.1 Å². The molecule has 1 amide bonds. The molecule has 152 valence electrons. The Balaban J connectivity index is 1.55. The average Bonchev–Trinajstić information content (AvgIpc) is 3.05. The van der Waals surface area contributed by atoms with Gasteiger partial charge in [-0.1, -0.05) is 12.1 Å². The number of ether oxygens (including phenoxy) is 1. The van der Waals surface area contributed by atoms with Crippen LogP contribution in [-0.2, 0) is 7.05 Å². The highest BCUT2D eigenvalue weighted by Crippen LogP contribution is 2.26. The molecule has 0 aliphatic rings. The van der Waals surface area contributed by atoms with E-state index in [1.807, 2.05) is 55.8 Å². The van der Waals surface area contributed by atoms with Gasteiger partial charge in [-0.2, -0.15) is 0 Å². The first kappa shape index (κ1) is 20.8.